The third-order valence-corrected chi connectivity index (χ3v) is 5.43. The normalized spacial score (nSPS) is 43.3. The summed E-state index contributed by atoms with van der Waals surface area (Å²) in [6, 6.07) is 8.22. The number of benzene rings is 1. The molecule has 1 saturated heterocycles. The molecule has 0 aromatic heterocycles. The van der Waals surface area contributed by atoms with Crippen LogP contribution in [0.25, 0.3) is 0 Å². The molecule has 102 valence electrons. The van der Waals surface area contributed by atoms with E-state index in [2.05, 4.69) is 13.0 Å². The van der Waals surface area contributed by atoms with Crippen molar-refractivity contribution >= 4 is 0 Å². The zero-order valence-corrected chi connectivity index (χ0v) is 11.3. The van der Waals surface area contributed by atoms with E-state index in [1.165, 1.54) is 5.56 Å². The molecular formula is C16H20O3. The van der Waals surface area contributed by atoms with E-state index in [9.17, 15) is 5.11 Å². The summed E-state index contributed by atoms with van der Waals surface area (Å²) in [4.78, 5) is 0. The van der Waals surface area contributed by atoms with E-state index in [1.807, 2.05) is 18.2 Å². The summed E-state index contributed by atoms with van der Waals surface area (Å²) in [5.74, 6) is 1.33. The summed E-state index contributed by atoms with van der Waals surface area (Å²) < 4.78 is 12.5. The van der Waals surface area contributed by atoms with Crippen LogP contribution >= 0.6 is 0 Å². The van der Waals surface area contributed by atoms with Gasteiger partial charge < -0.3 is 14.6 Å². The standard InChI is InChI=1S/C16H20O3/c1-15-6-7-16(9-17)8-12(15)14(18-10-16)11-4-2-3-5-13(11)19-15/h2-5,12,14,17H,6-10H2,1H3/t12-,14+,15-,16-/m1/s1. The Balaban J connectivity index is 1.80. The van der Waals surface area contributed by atoms with Gasteiger partial charge in [-0.1, -0.05) is 18.2 Å². The lowest BCUT2D eigenvalue weighted by Crippen LogP contribution is -2.58. The minimum Gasteiger partial charge on any atom is -0.487 e. The van der Waals surface area contributed by atoms with Gasteiger partial charge in [0.05, 0.1) is 19.3 Å². The van der Waals surface area contributed by atoms with Gasteiger partial charge in [-0.25, -0.2) is 0 Å². The second kappa shape index (κ2) is 3.74. The van der Waals surface area contributed by atoms with Crippen LogP contribution in [-0.4, -0.2) is 23.9 Å². The van der Waals surface area contributed by atoms with E-state index >= 15 is 0 Å². The Labute approximate surface area is 113 Å². The van der Waals surface area contributed by atoms with Gasteiger partial charge in [-0.2, -0.15) is 0 Å². The minimum absolute atomic E-state index is 0.0314. The third-order valence-electron chi connectivity index (χ3n) is 5.43. The Bertz CT molecular complexity index is 514. The Morgan fingerprint density at radius 3 is 3.00 bits per heavy atom. The van der Waals surface area contributed by atoms with Gasteiger partial charge in [0.15, 0.2) is 0 Å². The average Bonchev–Trinajstić information content (AvgIpc) is 2.45. The number of aliphatic hydroxyl groups is 1. The Morgan fingerprint density at radius 2 is 2.16 bits per heavy atom. The highest BCUT2D eigenvalue weighted by molar-refractivity contribution is 5.39. The smallest absolute Gasteiger partial charge is 0.125 e. The molecule has 0 amide bonds. The van der Waals surface area contributed by atoms with Gasteiger partial charge in [-0.15, -0.1) is 0 Å². The molecule has 0 radical (unpaired) electrons. The number of para-hydroxylation sites is 1. The lowest BCUT2D eigenvalue weighted by Gasteiger charge is -2.57. The molecule has 4 rings (SSSR count). The quantitative estimate of drug-likeness (QED) is 0.843. The van der Waals surface area contributed by atoms with E-state index in [1.54, 1.807) is 0 Å². The predicted octanol–water partition coefficient (Wildman–Crippen LogP) is 2.69. The van der Waals surface area contributed by atoms with Crippen molar-refractivity contribution in [3.63, 3.8) is 0 Å². The lowest BCUT2D eigenvalue weighted by molar-refractivity contribution is -0.210. The molecule has 1 aromatic rings. The number of aliphatic hydroxyl groups excluding tert-OH is 1. The Hall–Kier alpha value is -1.06. The summed E-state index contributed by atoms with van der Waals surface area (Å²) in [5, 5.41) is 9.71. The van der Waals surface area contributed by atoms with Gasteiger partial charge >= 0.3 is 0 Å². The fourth-order valence-electron chi connectivity index (χ4n) is 4.11. The van der Waals surface area contributed by atoms with Crippen molar-refractivity contribution in [2.24, 2.45) is 11.3 Å². The molecule has 1 N–H and O–H groups in total. The van der Waals surface area contributed by atoms with Crippen LogP contribution in [-0.2, 0) is 4.74 Å². The highest BCUT2D eigenvalue weighted by Crippen LogP contribution is 2.58. The van der Waals surface area contributed by atoms with Gasteiger partial charge in [0.2, 0.25) is 0 Å². The van der Waals surface area contributed by atoms with Gasteiger partial charge in [0.25, 0.3) is 0 Å². The molecule has 3 heteroatoms. The molecule has 2 aliphatic heterocycles. The van der Waals surface area contributed by atoms with E-state index in [0.717, 1.165) is 25.0 Å². The first-order valence-electron chi connectivity index (χ1n) is 7.16. The van der Waals surface area contributed by atoms with Gasteiger partial charge in [0.1, 0.15) is 11.4 Å². The number of hydrogen-bond donors (Lipinski definition) is 1. The molecule has 1 saturated carbocycles. The molecule has 3 aliphatic rings. The molecule has 4 atom stereocenters. The van der Waals surface area contributed by atoms with Crippen LogP contribution in [0.15, 0.2) is 24.3 Å². The molecule has 0 spiro atoms. The van der Waals surface area contributed by atoms with Gasteiger partial charge in [-0.3, -0.25) is 0 Å². The number of rotatable bonds is 1. The molecule has 0 unspecified atom stereocenters. The highest BCUT2D eigenvalue weighted by atomic mass is 16.5. The van der Waals surface area contributed by atoms with Gasteiger partial charge in [-0.05, 0) is 32.3 Å². The highest BCUT2D eigenvalue weighted by Gasteiger charge is 2.57. The maximum absolute atomic E-state index is 9.71. The summed E-state index contributed by atoms with van der Waals surface area (Å²) in [5.41, 5.74) is 1.01. The van der Waals surface area contributed by atoms with Crippen LogP contribution < -0.4 is 4.74 Å². The molecule has 1 aromatic carbocycles. The van der Waals surface area contributed by atoms with Crippen LogP contribution in [0.4, 0.5) is 0 Å². The first kappa shape index (κ1) is 11.7. The Kier molecular flexibility index (Phi) is 2.31. The largest absolute Gasteiger partial charge is 0.487 e. The second-order valence-electron chi connectivity index (χ2n) is 6.65. The SMILES string of the molecule is C[C@]12CC[C@@]3(CO)CO[C@@H](c4ccccc4O1)[C@H]2C3. The van der Waals surface area contributed by atoms with E-state index in [-0.39, 0.29) is 23.7 Å². The zero-order valence-electron chi connectivity index (χ0n) is 11.3. The third kappa shape index (κ3) is 1.52. The Morgan fingerprint density at radius 1 is 1.32 bits per heavy atom. The van der Waals surface area contributed by atoms with Gasteiger partial charge in [0, 0.05) is 16.9 Å². The zero-order chi connectivity index (χ0) is 13.1. The lowest BCUT2D eigenvalue weighted by atomic mass is 9.59. The summed E-state index contributed by atoms with van der Waals surface area (Å²) >= 11 is 0. The van der Waals surface area contributed by atoms with E-state index < -0.39 is 0 Å². The van der Waals surface area contributed by atoms with E-state index in [0.29, 0.717) is 12.5 Å². The molecule has 3 nitrogen and oxygen atoms in total. The summed E-state index contributed by atoms with van der Waals surface area (Å²) in [6.45, 7) is 3.11. The van der Waals surface area contributed by atoms with E-state index in [4.69, 9.17) is 9.47 Å². The van der Waals surface area contributed by atoms with Crippen molar-refractivity contribution in [3.05, 3.63) is 29.8 Å². The van der Waals surface area contributed by atoms with Crippen molar-refractivity contribution < 1.29 is 14.6 Å². The van der Waals surface area contributed by atoms with Crippen molar-refractivity contribution in [2.45, 2.75) is 37.9 Å². The number of ether oxygens (including phenoxy) is 2. The first-order valence-corrected chi connectivity index (χ1v) is 7.16. The van der Waals surface area contributed by atoms with Crippen LogP contribution in [0.5, 0.6) is 5.75 Å². The van der Waals surface area contributed by atoms with Crippen molar-refractivity contribution in [3.8, 4) is 5.75 Å². The van der Waals surface area contributed by atoms with Crippen molar-refractivity contribution in [2.75, 3.05) is 13.2 Å². The van der Waals surface area contributed by atoms with Crippen molar-refractivity contribution in [1.82, 2.24) is 0 Å². The molecular weight excluding hydrogens is 240 g/mol. The van der Waals surface area contributed by atoms with Crippen LogP contribution in [0.1, 0.15) is 37.9 Å². The van der Waals surface area contributed by atoms with Crippen LogP contribution in [0.3, 0.4) is 0 Å². The topological polar surface area (TPSA) is 38.7 Å². The van der Waals surface area contributed by atoms with Crippen LogP contribution in [0.2, 0.25) is 0 Å². The molecule has 2 bridgehead atoms. The number of fused-ring (bicyclic) bond motifs is 3. The molecule has 2 heterocycles. The van der Waals surface area contributed by atoms with Crippen molar-refractivity contribution in [1.29, 1.82) is 0 Å². The minimum atomic E-state index is -0.141. The van der Waals surface area contributed by atoms with Crippen LogP contribution in [0, 0.1) is 11.3 Å². The maximum Gasteiger partial charge on any atom is 0.125 e. The fraction of sp³-hybridized carbons (Fsp3) is 0.625. The fourth-order valence-corrected chi connectivity index (χ4v) is 4.11. The molecule has 1 aliphatic carbocycles. The molecule has 2 fully saturated rings. The second-order valence-corrected chi connectivity index (χ2v) is 6.65. The first-order chi connectivity index (χ1) is 9.16. The summed E-state index contributed by atoms with van der Waals surface area (Å²) in [7, 11) is 0. The molecule has 19 heavy (non-hydrogen) atoms. The maximum atomic E-state index is 9.71. The number of hydrogen-bond acceptors (Lipinski definition) is 3. The predicted molar refractivity (Wildman–Crippen MR) is 71.0 cm³/mol. The average molecular weight is 260 g/mol. The monoisotopic (exact) mass is 260 g/mol. The summed E-state index contributed by atoms with van der Waals surface area (Å²) in [6.07, 6.45) is 3.14.